The van der Waals surface area contributed by atoms with E-state index in [0.29, 0.717) is 6.04 Å². The molecule has 0 aromatic heterocycles. The van der Waals surface area contributed by atoms with Crippen LogP contribution in [-0.2, 0) is 0 Å². The molecular formula is C17H18N2. The molecule has 0 spiro atoms. The van der Waals surface area contributed by atoms with Crippen LogP contribution >= 0.6 is 0 Å². The zero-order valence-electron chi connectivity index (χ0n) is 11.0. The molecule has 2 aliphatic rings. The molecule has 2 nitrogen and oxygen atoms in total. The van der Waals surface area contributed by atoms with Crippen molar-refractivity contribution in [2.45, 2.75) is 6.04 Å². The fraction of sp³-hybridized carbons (Fsp3) is 0.294. The average molecular weight is 250 g/mol. The van der Waals surface area contributed by atoms with E-state index in [9.17, 15) is 0 Å². The number of piperazine rings is 1. The van der Waals surface area contributed by atoms with E-state index in [-0.39, 0.29) is 0 Å². The van der Waals surface area contributed by atoms with Crippen LogP contribution in [-0.4, -0.2) is 31.1 Å². The van der Waals surface area contributed by atoms with Gasteiger partial charge in [-0.05, 0) is 17.7 Å². The summed E-state index contributed by atoms with van der Waals surface area (Å²) in [6.45, 7) is 4.25. The monoisotopic (exact) mass is 250 g/mol. The second kappa shape index (κ2) is 5.88. The van der Waals surface area contributed by atoms with Gasteiger partial charge in [-0.15, -0.1) is 0 Å². The summed E-state index contributed by atoms with van der Waals surface area (Å²) in [5, 5.41) is 3.41. The van der Waals surface area contributed by atoms with E-state index in [1.165, 1.54) is 11.1 Å². The maximum Gasteiger partial charge on any atom is 0.0682 e. The molecule has 1 aliphatic carbocycles. The van der Waals surface area contributed by atoms with Gasteiger partial charge in [0.1, 0.15) is 0 Å². The largest absolute Gasteiger partial charge is 0.314 e. The van der Waals surface area contributed by atoms with Crippen molar-refractivity contribution in [3.8, 4) is 0 Å². The minimum absolute atomic E-state index is 0.292. The van der Waals surface area contributed by atoms with Crippen LogP contribution in [0.5, 0.6) is 0 Å². The molecule has 96 valence electrons. The zero-order valence-corrected chi connectivity index (χ0v) is 11.0. The third kappa shape index (κ3) is 2.78. The molecule has 1 saturated heterocycles. The third-order valence-electron chi connectivity index (χ3n) is 3.60. The Morgan fingerprint density at radius 1 is 1.11 bits per heavy atom. The highest BCUT2D eigenvalue weighted by Crippen LogP contribution is 2.29. The van der Waals surface area contributed by atoms with Crippen LogP contribution < -0.4 is 5.32 Å². The third-order valence-corrected chi connectivity index (χ3v) is 3.60. The van der Waals surface area contributed by atoms with Crippen molar-refractivity contribution in [2.24, 2.45) is 0 Å². The second-order valence-electron chi connectivity index (χ2n) is 4.85. The molecule has 0 amide bonds. The fourth-order valence-electron chi connectivity index (χ4n) is 2.69. The molecule has 1 aliphatic heterocycles. The minimum Gasteiger partial charge on any atom is -0.314 e. The van der Waals surface area contributed by atoms with Crippen molar-refractivity contribution in [2.75, 3.05) is 26.2 Å². The lowest BCUT2D eigenvalue weighted by Gasteiger charge is -2.35. The summed E-state index contributed by atoms with van der Waals surface area (Å²) in [5.41, 5.74) is 8.90. The molecule has 0 radical (unpaired) electrons. The van der Waals surface area contributed by atoms with Gasteiger partial charge in [0, 0.05) is 31.8 Å². The van der Waals surface area contributed by atoms with Gasteiger partial charge in [-0.25, -0.2) is 0 Å². The van der Waals surface area contributed by atoms with Crippen molar-refractivity contribution in [1.82, 2.24) is 10.2 Å². The molecule has 1 aromatic carbocycles. The highest BCUT2D eigenvalue weighted by Gasteiger charge is 2.24. The highest BCUT2D eigenvalue weighted by atomic mass is 15.2. The van der Waals surface area contributed by atoms with Crippen molar-refractivity contribution in [3.63, 3.8) is 0 Å². The summed E-state index contributed by atoms with van der Waals surface area (Å²) >= 11 is 0. The Hall–Kier alpha value is -1.82. The van der Waals surface area contributed by atoms with E-state index >= 15 is 0 Å². The molecule has 1 unspecified atom stereocenters. The number of hydrogen-bond donors (Lipinski definition) is 1. The second-order valence-corrected chi connectivity index (χ2v) is 4.85. The molecule has 1 atom stereocenters. The molecular weight excluding hydrogens is 232 g/mol. The Kier molecular flexibility index (Phi) is 3.78. The molecule has 19 heavy (non-hydrogen) atoms. The first-order valence-corrected chi connectivity index (χ1v) is 6.83. The normalized spacial score (nSPS) is 20.3. The lowest BCUT2D eigenvalue weighted by Crippen LogP contribution is -2.45. The van der Waals surface area contributed by atoms with Crippen LogP contribution in [0.25, 0.3) is 0 Å². The van der Waals surface area contributed by atoms with Gasteiger partial charge < -0.3 is 5.32 Å². The van der Waals surface area contributed by atoms with Gasteiger partial charge in [-0.2, -0.15) is 0 Å². The van der Waals surface area contributed by atoms with E-state index in [2.05, 4.69) is 58.1 Å². The lowest BCUT2D eigenvalue weighted by atomic mass is 9.95. The Morgan fingerprint density at radius 3 is 2.58 bits per heavy atom. The highest BCUT2D eigenvalue weighted by molar-refractivity contribution is 5.37. The van der Waals surface area contributed by atoms with E-state index < -0.39 is 0 Å². The smallest absolute Gasteiger partial charge is 0.0682 e. The van der Waals surface area contributed by atoms with Gasteiger partial charge in [-0.3, -0.25) is 4.90 Å². The summed E-state index contributed by atoms with van der Waals surface area (Å²) in [6.07, 6.45) is 6.10. The molecule has 2 heteroatoms. The quantitative estimate of drug-likeness (QED) is 0.829. The first-order valence-electron chi connectivity index (χ1n) is 6.83. The van der Waals surface area contributed by atoms with Crippen molar-refractivity contribution in [3.05, 3.63) is 71.2 Å². The fourth-order valence-corrected chi connectivity index (χ4v) is 2.69. The molecule has 1 heterocycles. The average Bonchev–Trinajstić information content (AvgIpc) is 2.51. The van der Waals surface area contributed by atoms with Gasteiger partial charge in [0.05, 0.1) is 6.04 Å². The van der Waals surface area contributed by atoms with Gasteiger partial charge in [0.15, 0.2) is 0 Å². The Labute approximate surface area is 114 Å². The zero-order chi connectivity index (χ0) is 12.9. The van der Waals surface area contributed by atoms with E-state index in [4.69, 9.17) is 0 Å². The standard InChI is InChI=1S/C17H18N2/c1-3-7-15(8-4-1)17(16-9-5-2-6-10-16)19-13-11-18-12-14-19/h1-5,7-9,17-18H,11-14H2. The predicted molar refractivity (Wildman–Crippen MR) is 77.9 cm³/mol. The summed E-state index contributed by atoms with van der Waals surface area (Å²) in [6, 6.07) is 11.0. The van der Waals surface area contributed by atoms with Crippen LogP contribution in [0.4, 0.5) is 0 Å². The molecule has 1 fully saturated rings. The number of allylic oxidation sites excluding steroid dienone is 2. The Morgan fingerprint density at radius 2 is 1.89 bits per heavy atom. The SMILES string of the molecule is C1=C=C(C(c2ccccc2)N2CCNCC2)C=CC=1. The number of nitrogens with zero attached hydrogens (tertiary/aromatic N) is 1. The molecule has 0 bridgehead atoms. The van der Waals surface area contributed by atoms with Crippen molar-refractivity contribution >= 4 is 0 Å². The summed E-state index contributed by atoms with van der Waals surface area (Å²) in [4.78, 5) is 2.52. The lowest BCUT2D eigenvalue weighted by molar-refractivity contribution is 0.198. The van der Waals surface area contributed by atoms with Gasteiger partial charge in [0.25, 0.3) is 0 Å². The van der Waals surface area contributed by atoms with E-state index in [1.54, 1.807) is 0 Å². The summed E-state index contributed by atoms with van der Waals surface area (Å²) in [5.74, 6) is 0. The molecule has 1 N–H and O–H groups in total. The molecule has 3 rings (SSSR count). The first-order chi connectivity index (χ1) is 9.45. The minimum atomic E-state index is 0.292. The van der Waals surface area contributed by atoms with Gasteiger partial charge in [-0.1, -0.05) is 47.9 Å². The number of hydrogen-bond acceptors (Lipinski definition) is 2. The summed E-state index contributed by atoms with van der Waals surface area (Å²) < 4.78 is 0. The predicted octanol–water partition coefficient (Wildman–Crippen LogP) is 2.44. The molecule has 0 saturated carbocycles. The number of nitrogens with one attached hydrogen (secondary N) is 1. The topological polar surface area (TPSA) is 15.3 Å². The van der Waals surface area contributed by atoms with Crippen LogP contribution in [0, 0.1) is 0 Å². The number of rotatable bonds is 3. The van der Waals surface area contributed by atoms with Crippen molar-refractivity contribution < 1.29 is 0 Å². The van der Waals surface area contributed by atoms with Crippen LogP contribution in [0.15, 0.2) is 65.6 Å². The Bertz CT molecular complexity index is 552. The van der Waals surface area contributed by atoms with E-state index in [0.717, 1.165) is 26.2 Å². The number of benzene rings is 1. The van der Waals surface area contributed by atoms with Crippen LogP contribution in [0.2, 0.25) is 0 Å². The van der Waals surface area contributed by atoms with Gasteiger partial charge >= 0.3 is 0 Å². The van der Waals surface area contributed by atoms with Crippen LogP contribution in [0.3, 0.4) is 0 Å². The first kappa shape index (κ1) is 12.2. The molecule has 1 aromatic rings. The Balaban J connectivity index is 1.98. The van der Waals surface area contributed by atoms with Gasteiger partial charge in [0.2, 0.25) is 0 Å². The summed E-state index contributed by atoms with van der Waals surface area (Å²) in [7, 11) is 0. The maximum atomic E-state index is 3.41. The maximum absolute atomic E-state index is 3.41. The van der Waals surface area contributed by atoms with Crippen molar-refractivity contribution in [1.29, 1.82) is 0 Å². The van der Waals surface area contributed by atoms with E-state index in [1.807, 2.05) is 12.2 Å². The van der Waals surface area contributed by atoms with Crippen LogP contribution in [0.1, 0.15) is 11.6 Å².